The summed E-state index contributed by atoms with van der Waals surface area (Å²) in [5.41, 5.74) is 2.71. The lowest BCUT2D eigenvalue weighted by Crippen LogP contribution is -2.02. The number of nitrogens with zero attached hydrogens (tertiary/aromatic N) is 1. The van der Waals surface area contributed by atoms with E-state index in [4.69, 9.17) is 11.6 Å². The molecule has 0 radical (unpaired) electrons. The van der Waals surface area contributed by atoms with Gasteiger partial charge in [-0.1, -0.05) is 23.7 Å². The monoisotopic (exact) mass is 270 g/mol. The minimum atomic E-state index is -0.0899. The van der Waals surface area contributed by atoms with Crippen LogP contribution in [0.4, 0.5) is 0 Å². The first kappa shape index (κ1) is 11.9. The topological polar surface area (TPSA) is 45.8 Å². The first-order chi connectivity index (χ1) is 9.18. The van der Waals surface area contributed by atoms with Crippen molar-refractivity contribution < 1.29 is 4.79 Å². The summed E-state index contributed by atoms with van der Waals surface area (Å²) in [6, 6.07) is 9.14. The Morgan fingerprint density at radius 3 is 2.89 bits per heavy atom. The summed E-state index contributed by atoms with van der Waals surface area (Å²) in [6.45, 7) is 1.88. The molecule has 19 heavy (non-hydrogen) atoms. The molecule has 0 saturated heterocycles. The Morgan fingerprint density at radius 1 is 1.21 bits per heavy atom. The van der Waals surface area contributed by atoms with Gasteiger partial charge in [-0.3, -0.25) is 4.79 Å². The van der Waals surface area contributed by atoms with Crippen molar-refractivity contribution in [2.24, 2.45) is 0 Å². The van der Waals surface area contributed by atoms with E-state index in [-0.39, 0.29) is 5.78 Å². The van der Waals surface area contributed by atoms with Crippen LogP contribution in [-0.2, 0) is 0 Å². The van der Waals surface area contributed by atoms with Gasteiger partial charge >= 0.3 is 0 Å². The van der Waals surface area contributed by atoms with Gasteiger partial charge in [0.05, 0.1) is 5.02 Å². The van der Waals surface area contributed by atoms with Gasteiger partial charge in [0.15, 0.2) is 5.78 Å². The summed E-state index contributed by atoms with van der Waals surface area (Å²) < 4.78 is 0. The fourth-order valence-electron chi connectivity index (χ4n) is 2.11. The van der Waals surface area contributed by atoms with Crippen LogP contribution in [-0.4, -0.2) is 15.8 Å². The van der Waals surface area contributed by atoms with Gasteiger partial charge in [0.2, 0.25) is 0 Å². The van der Waals surface area contributed by atoms with Crippen molar-refractivity contribution in [1.29, 1.82) is 0 Å². The average Bonchev–Trinajstić information content (AvgIpc) is 2.85. The van der Waals surface area contributed by atoms with Crippen molar-refractivity contribution in [3.05, 3.63) is 64.4 Å². The van der Waals surface area contributed by atoms with E-state index in [0.717, 1.165) is 10.9 Å². The third-order valence-corrected chi connectivity index (χ3v) is 3.63. The zero-order valence-electron chi connectivity index (χ0n) is 10.3. The van der Waals surface area contributed by atoms with Gasteiger partial charge in [-0.05, 0) is 30.7 Å². The molecular formula is C15H11ClN2O. The molecule has 0 aliphatic heterocycles. The molecule has 2 heterocycles. The SMILES string of the molecule is Cc1cccc(C(=O)c2c[nH]c3ncccc23)c1Cl. The number of hydrogen-bond donors (Lipinski definition) is 1. The van der Waals surface area contributed by atoms with Crippen molar-refractivity contribution in [1.82, 2.24) is 9.97 Å². The van der Waals surface area contributed by atoms with E-state index in [2.05, 4.69) is 9.97 Å². The summed E-state index contributed by atoms with van der Waals surface area (Å²) in [7, 11) is 0. The van der Waals surface area contributed by atoms with Gasteiger partial charge in [0.25, 0.3) is 0 Å². The Labute approximate surface area is 115 Å². The van der Waals surface area contributed by atoms with E-state index in [0.29, 0.717) is 21.8 Å². The summed E-state index contributed by atoms with van der Waals surface area (Å²) in [4.78, 5) is 19.7. The number of pyridine rings is 1. The van der Waals surface area contributed by atoms with Gasteiger partial charge in [-0.2, -0.15) is 0 Å². The number of benzene rings is 1. The highest BCUT2D eigenvalue weighted by Crippen LogP contribution is 2.25. The maximum atomic E-state index is 12.6. The second-order valence-corrected chi connectivity index (χ2v) is 4.75. The second kappa shape index (κ2) is 4.52. The lowest BCUT2D eigenvalue weighted by Gasteiger charge is -2.05. The Hall–Kier alpha value is -2.13. The molecule has 0 aliphatic carbocycles. The molecule has 3 nitrogen and oxygen atoms in total. The van der Waals surface area contributed by atoms with Crippen LogP contribution in [0, 0.1) is 6.92 Å². The Balaban J connectivity index is 2.17. The van der Waals surface area contributed by atoms with Crippen LogP contribution in [0.2, 0.25) is 5.02 Å². The van der Waals surface area contributed by atoms with E-state index in [1.807, 2.05) is 31.2 Å². The maximum absolute atomic E-state index is 12.6. The number of aromatic nitrogens is 2. The van der Waals surface area contributed by atoms with Crippen molar-refractivity contribution in [2.75, 3.05) is 0 Å². The fourth-order valence-corrected chi connectivity index (χ4v) is 2.32. The first-order valence-electron chi connectivity index (χ1n) is 5.90. The predicted octanol–water partition coefficient (Wildman–Crippen LogP) is 3.76. The molecule has 0 bridgehead atoms. The quantitative estimate of drug-likeness (QED) is 0.721. The van der Waals surface area contributed by atoms with Gasteiger partial charge < -0.3 is 4.98 Å². The van der Waals surface area contributed by atoms with E-state index in [1.165, 1.54) is 0 Å². The zero-order chi connectivity index (χ0) is 13.4. The molecule has 0 aliphatic rings. The Kier molecular flexibility index (Phi) is 2.84. The summed E-state index contributed by atoms with van der Waals surface area (Å²) in [6.07, 6.45) is 3.37. The molecular weight excluding hydrogens is 260 g/mol. The Bertz CT molecular complexity index is 777. The van der Waals surface area contributed by atoms with Gasteiger partial charge in [-0.25, -0.2) is 4.98 Å². The molecule has 0 unspecified atom stereocenters. The number of ketones is 1. The highest BCUT2D eigenvalue weighted by atomic mass is 35.5. The molecule has 2 aromatic heterocycles. The van der Waals surface area contributed by atoms with Gasteiger partial charge in [0.1, 0.15) is 5.65 Å². The standard InChI is InChI=1S/C15H11ClN2O/c1-9-4-2-5-11(13(9)16)14(19)12-8-18-15-10(12)6-3-7-17-15/h2-8H,1H3,(H,17,18). The van der Waals surface area contributed by atoms with Gasteiger partial charge in [-0.15, -0.1) is 0 Å². The van der Waals surface area contributed by atoms with E-state index >= 15 is 0 Å². The fraction of sp³-hybridized carbons (Fsp3) is 0.0667. The molecule has 1 N–H and O–H groups in total. The number of hydrogen-bond acceptors (Lipinski definition) is 2. The van der Waals surface area contributed by atoms with Crippen LogP contribution >= 0.6 is 11.6 Å². The third-order valence-electron chi connectivity index (χ3n) is 3.13. The average molecular weight is 271 g/mol. The lowest BCUT2D eigenvalue weighted by molar-refractivity contribution is 0.104. The number of H-pyrrole nitrogens is 1. The molecule has 1 aromatic carbocycles. The number of nitrogens with one attached hydrogen (secondary N) is 1. The lowest BCUT2D eigenvalue weighted by atomic mass is 10.0. The maximum Gasteiger partial charge on any atom is 0.196 e. The van der Waals surface area contributed by atoms with Crippen LogP contribution in [0.25, 0.3) is 11.0 Å². The van der Waals surface area contributed by atoms with Gasteiger partial charge in [0, 0.05) is 28.9 Å². The number of rotatable bonds is 2. The van der Waals surface area contributed by atoms with Crippen molar-refractivity contribution in [2.45, 2.75) is 6.92 Å². The molecule has 0 amide bonds. The smallest absolute Gasteiger partial charge is 0.196 e. The van der Waals surface area contributed by atoms with Crippen molar-refractivity contribution in [3.63, 3.8) is 0 Å². The molecule has 0 fully saturated rings. The number of halogens is 1. The normalized spacial score (nSPS) is 10.8. The minimum absolute atomic E-state index is 0.0899. The molecule has 3 rings (SSSR count). The molecule has 3 aromatic rings. The van der Waals surface area contributed by atoms with E-state index in [1.54, 1.807) is 18.5 Å². The number of fused-ring (bicyclic) bond motifs is 1. The number of carbonyl (C=O) groups is 1. The zero-order valence-corrected chi connectivity index (χ0v) is 11.0. The largest absolute Gasteiger partial charge is 0.345 e. The molecule has 94 valence electrons. The van der Waals surface area contributed by atoms with Crippen molar-refractivity contribution >= 4 is 28.4 Å². The van der Waals surface area contributed by atoms with Crippen LogP contribution in [0.5, 0.6) is 0 Å². The number of carbonyl (C=O) groups excluding carboxylic acids is 1. The molecule has 0 saturated carbocycles. The second-order valence-electron chi connectivity index (χ2n) is 4.37. The molecule has 0 atom stereocenters. The number of aromatic amines is 1. The van der Waals surface area contributed by atoms with E-state index in [9.17, 15) is 4.79 Å². The summed E-state index contributed by atoms with van der Waals surface area (Å²) >= 11 is 6.21. The molecule has 0 spiro atoms. The predicted molar refractivity (Wildman–Crippen MR) is 75.7 cm³/mol. The molecule has 4 heteroatoms. The minimum Gasteiger partial charge on any atom is -0.345 e. The van der Waals surface area contributed by atoms with Crippen LogP contribution in [0.1, 0.15) is 21.5 Å². The first-order valence-corrected chi connectivity index (χ1v) is 6.28. The van der Waals surface area contributed by atoms with E-state index < -0.39 is 0 Å². The highest BCUT2D eigenvalue weighted by molar-refractivity contribution is 6.36. The Morgan fingerprint density at radius 2 is 2.05 bits per heavy atom. The van der Waals surface area contributed by atoms with Crippen molar-refractivity contribution in [3.8, 4) is 0 Å². The summed E-state index contributed by atoms with van der Waals surface area (Å²) in [5, 5.41) is 1.32. The van der Waals surface area contributed by atoms with Crippen LogP contribution in [0.3, 0.4) is 0 Å². The highest BCUT2D eigenvalue weighted by Gasteiger charge is 2.17. The van der Waals surface area contributed by atoms with Crippen LogP contribution in [0.15, 0.2) is 42.7 Å². The number of aryl methyl sites for hydroxylation is 1. The third kappa shape index (κ3) is 1.92. The van der Waals surface area contributed by atoms with Crippen LogP contribution < -0.4 is 0 Å². The summed E-state index contributed by atoms with van der Waals surface area (Å²) in [5.74, 6) is -0.0899.